The summed E-state index contributed by atoms with van der Waals surface area (Å²) in [7, 11) is 1.10. The smallest absolute Gasteiger partial charge is 0.309 e. The number of ketones is 2. The molecule has 1 fully saturated rings. The fourth-order valence-corrected chi connectivity index (χ4v) is 2.29. The molecule has 0 saturated heterocycles. The summed E-state index contributed by atoms with van der Waals surface area (Å²) in [5, 5.41) is 0. The summed E-state index contributed by atoms with van der Waals surface area (Å²) < 4.78 is 31.0. The largest absolute Gasteiger partial charge is 0.469 e. The van der Waals surface area contributed by atoms with Crippen LogP contribution < -0.4 is 0 Å². The molecule has 1 rings (SSSR count). The van der Waals surface area contributed by atoms with E-state index >= 15 is 0 Å². The summed E-state index contributed by atoms with van der Waals surface area (Å²) in [5.74, 6) is -6.52. The van der Waals surface area contributed by atoms with Gasteiger partial charge in [0.2, 0.25) is 5.92 Å². The lowest BCUT2D eigenvalue weighted by atomic mass is 9.74. The van der Waals surface area contributed by atoms with Crippen LogP contribution in [0.15, 0.2) is 0 Å². The SMILES string of the molecule is COC(=O)[C@@H]1CC(F)(F)CC[C@H]1C(=O)CC(C)=O. The van der Waals surface area contributed by atoms with Gasteiger partial charge in [-0.25, -0.2) is 8.78 Å². The molecule has 1 aliphatic rings. The van der Waals surface area contributed by atoms with Gasteiger partial charge in [0.25, 0.3) is 0 Å². The van der Waals surface area contributed by atoms with Crippen molar-refractivity contribution in [2.75, 3.05) is 7.11 Å². The maximum absolute atomic E-state index is 13.3. The maximum Gasteiger partial charge on any atom is 0.309 e. The number of hydrogen-bond acceptors (Lipinski definition) is 4. The Balaban J connectivity index is 2.84. The highest BCUT2D eigenvalue weighted by Crippen LogP contribution is 2.41. The topological polar surface area (TPSA) is 60.4 Å². The molecule has 0 aromatic heterocycles. The molecule has 0 aromatic carbocycles. The zero-order valence-corrected chi connectivity index (χ0v) is 10.4. The number of esters is 1. The Kier molecular flexibility index (Phi) is 4.53. The Morgan fingerprint density at radius 3 is 2.39 bits per heavy atom. The zero-order chi connectivity index (χ0) is 13.9. The van der Waals surface area contributed by atoms with Gasteiger partial charge in [-0.15, -0.1) is 0 Å². The fourth-order valence-electron chi connectivity index (χ4n) is 2.29. The molecule has 1 saturated carbocycles. The molecule has 102 valence electrons. The third-order valence-electron chi connectivity index (χ3n) is 3.17. The molecule has 0 aliphatic heterocycles. The summed E-state index contributed by atoms with van der Waals surface area (Å²) in [4.78, 5) is 34.1. The van der Waals surface area contributed by atoms with Crippen LogP contribution in [0.25, 0.3) is 0 Å². The number of carbonyl (C=O) groups excluding carboxylic acids is 3. The van der Waals surface area contributed by atoms with Crippen LogP contribution in [0.1, 0.15) is 32.6 Å². The lowest BCUT2D eigenvalue weighted by Crippen LogP contribution is -2.41. The minimum atomic E-state index is -2.95. The van der Waals surface area contributed by atoms with Gasteiger partial charge in [-0.3, -0.25) is 14.4 Å². The van der Waals surface area contributed by atoms with E-state index in [1.165, 1.54) is 6.92 Å². The van der Waals surface area contributed by atoms with E-state index in [-0.39, 0.29) is 18.6 Å². The van der Waals surface area contributed by atoms with Crippen molar-refractivity contribution in [1.82, 2.24) is 0 Å². The third kappa shape index (κ3) is 3.58. The number of halogens is 2. The number of hydrogen-bond donors (Lipinski definition) is 0. The highest BCUT2D eigenvalue weighted by atomic mass is 19.3. The molecule has 0 unspecified atom stereocenters. The quantitative estimate of drug-likeness (QED) is 0.572. The summed E-state index contributed by atoms with van der Waals surface area (Å²) in [6.07, 6.45) is -1.52. The first-order valence-corrected chi connectivity index (χ1v) is 5.74. The Morgan fingerprint density at radius 2 is 1.89 bits per heavy atom. The molecule has 2 atom stereocenters. The van der Waals surface area contributed by atoms with Crippen LogP contribution in [0.4, 0.5) is 8.78 Å². The summed E-state index contributed by atoms with van der Waals surface area (Å²) >= 11 is 0. The van der Waals surface area contributed by atoms with Gasteiger partial charge in [0.05, 0.1) is 19.4 Å². The molecule has 0 bridgehead atoms. The second-order valence-electron chi connectivity index (χ2n) is 4.68. The average Bonchev–Trinajstić information content (AvgIpc) is 2.25. The molecule has 0 heterocycles. The Bertz CT molecular complexity index is 365. The predicted octanol–water partition coefficient (Wildman–Crippen LogP) is 1.76. The minimum absolute atomic E-state index is 0.0844. The van der Waals surface area contributed by atoms with Crippen molar-refractivity contribution in [2.24, 2.45) is 11.8 Å². The van der Waals surface area contributed by atoms with Crippen molar-refractivity contribution < 1.29 is 27.9 Å². The van der Waals surface area contributed by atoms with Crippen LogP contribution in [0.2, 0.25) is 0 Å². The molecule has 1 aliphatic carbocycles. The number of ether oxygens (including phenoxy) is 1. The van der Waals surface area contributed by atoms with Crippen LogP contribution >= 0.6 is 0 Å². The van der Waals surface area contributed by atoms with Gasteiger partial charge in [0, 0.05) is 18.8 Å². The summed E-state index contributed by atoms with van der Waals surface area (Å²) in [5.41, 5.74) is 0. The molecule has 6 heteroatoms. The number of alkyl halides is 2. The zero-order valence-electron chi connectivity index (χ0n) is 10.4. The van der Waals surface area contributed by atoms with Crippen molar-refractivity contribution in [2.45, 2.75) is 38.5 Å². The monoisotopic (exact) mass is 262 g/mol. The second kappa shape index (κ2) is 5.54. The van der Waals surface area contributed by atoms with Gasteiger partial charge in [-0.05, 0) is 13.3 Å². The first-order chi connectivity index (χ1) is 8.26. The summed E-state index contributed by atoms with van der Waals surface area (Å²) in [6, 6.07) is 0. The number of Topliss-reactive ketones (excluding diaryl/α,β-unsaturated/α-hetero) is 2. The van der Waals surface area contributed by atoms with E-state index in [0.29, 0.717) is 0 Å². The van der Waals surface area contributed by atoms with Crippen LogP contribution in [0, 0.1) is 11.8 Å². The molecule has 4 nitrogen and oxygen atoms in total. The van der Waals surface area contributed by atoms with Crippen molar-refractivity contribution in [1.29, 1.82) is 0 Å². The van der Waals surface area contributed by atoms with Gasteiger partial charge < -0.3 is 4.74 Å². The van der Waals surface area contributed by atoms with Gasteiger partial charge in [0.1, 0.15) is 11.6 Å². The number of carbonyl (C=O) groups is 3. The molecule has 0 N–H and O–H groups in total. The third-order valence-corrected chi connectivity index (χ3v) is 3.17. The normalized spacial score (nSPS) is 26.4. The predicted molar refractivity (Wildman–Crippen MR) is 58.1 cm³/mol. The second-order valence-corrected chi connectivity index (χ2v) is 4.68. The van der Waals surface area contributed by atoms with E-state index in [1.807, 2.05) is 0 Å². The van der Waals surface area contributed by atoms with E-state index < -0.39 is 42.4 Å². The van der Waals surface area contributed by atoms with Crippen LogP contribution in [0.3, 0.4) is 0 Å². The van der Waals surface area contributed by atoms with Crippen LogP contribution in [-0.2, 0) is 19.1 Å². The first kappa shape index (κ1) is 14.7. The standard InChI is InChI=1S/C12H16F2O4/c1-7(15)5-10(16)8-3-4-12(13,14)6-9(8)11(17)18-2/h8-9H,3-6H2,1-2H3/t8-,9-/m1/s1. The molecule has 0 spiro atoms. The molecule has 0 radical (unpaired) electrons. The van der Waals surface area contributed by atoms with E-state index in [4.69, 9.17) is 0 Å². The van der Waals surface area contributed by atoms with Crippen molar-refractivity contribution in [3.8, 4) is 0 Å². The number of rotatable bonds is 4. The molecule has 0 amide bonds. The van der Waals surface area contributed by atoms with Crippen molar-refractivity contribution >= 4 is 17.5 Å². The Hall–Kier alpha value is -1.33. The minimum Gasteiger partial charge on any atom is -0.469 e. The van der Waals surface area contributed by atoms with Crippen molar-refractivity contribution in [3.63, 3.8) is 0 Å². The molecular formula is C12H16F2O4. The van der Waals surface area contributed by atoms with Crippen molar-refractivity contribution in [3.05, 3.63) is 0 Å². The average molecular weight is 262 g/mol. The highest BCUT2D eigenvalue weighted by molar-refractivity contribution is 6.00. The fraction of sp³-hybridized carbons (Fsp3) is 0.750. The van der Waals surface area contributed by atoms with E-state index in [2.05, 4.69) is 4.74 Å². The van der Waals surface area contributed by atoms with E-state index in [0.717, 1.165) is 7.11 Å². The van der Waals surface area contributed by atoms with Crippen LogP contribution in [-0.4, -0.2) is 30.6 Å². The van der Waals surface area contributed by atoms with Crippen LogP contribution in [0.5, 0.6) is 0 Å². The van der Waals surface area contributed by atoms with Gasteiger partial charge in [0.15, 0.2) is 0 Å². The maximum atomic E-state index is 13.3. The lowest BCUT2D eigenvalue weighted by molar-refractivity contribution is -0.160. The number of methoxy groups -OCH3 is 1. The Labute approximate surface area is 104 Å². The van der Waals surface area contributed by atoms with E-state index in [1.54, 1.807) is 0 Å². The van der Waals surface area contributed by atoms with Gasteiger partial charge in [-0.2, -0.15) is 0 Å². The van der Waals surface area contributed by atoms with Gasteiger partial charge >= 0.3 is 5.97 Å². The van der Waals surface area contributed by atoms with Gasteiger partial charge in [-0.1, -0.05) is 0 Å². The molecule has 18 heavy (non-hydrogen) atoms. The summed E-state index contributed by atoms with van der Waals surface area (Å²) in [6.45, 7) is 1.25. The molecule has 0 aromatic rings. The Morgan fingerprint density at radius 1 is 1.28 bits per heavy atom. The highest BCUT2D eigenvalue weighted by Gasteiger charge is 2.47. The molecular weight excluding hydrogens is 246 g/mol. The lowest BCUT2D eigenvalue weighted by Gasteiger charge is -2.33. The first-order valence-electron chi connectivity index (χ1n) is 5.74. The van der Waals surface area contributed by atoms with E-state index in [9.17, 15) is 23.2 Å².